The molecule has 2 unspecified atom stereocenters. The number of thioether (sulfide) groups is 1. The fourth-order valence-electron chi connectivity index (χ4n) is 4.02. The number of fused-ring (bicyclic) bond motifs is 2. The summed E-state index contributed by atoms with van der Waals surface area (Å²) >= 11 is 2.31. The Morgan fingerprint density at radius 1 is 0.800 bits per heavy atom. The molecule has 0 bridgehead atoms. The largest absolute Gasteiger partial charge is 0.140 e. The van der Waals surface area contributed by atoms with Crippen molar-refractivity contribution in [2.45, 2.75) is 74.7 Å². The second-order valence-corrected chi connectivity index (χ2v) is 7.94. The summed E-state index contributed by atoms with van der Waals surface area (Å²) in [5.41, 5.74) is 3.75. The highest BCUT2D eigenvalue weighted by Crippen LogP contribution is 2.62. The quantitative estimate of drug-likeness (QED) is 0.536. The molecule has 0 nitrogen and oxygen atoms in total. The Balaban J connectivity index is 2.04. The summed E-state index contributed by atoms with van der Waals surface area (Å²) in [7, 11) is 0. The van der Waals surface area contributed by atoms with E-state index in [0.29, 0.717) is 9.49 Å². The van der Waals surface area contributed by atoms with Gasteiger partial charge in [-0.05, 0) is 52.4 Å². The zero-order valence-electron chi connectivity index (χ0n) is 10.1. The molecule has 0 spiro atoms. The molecule has 1 aliphatic heterocycles. The van der Waals surface area contributed by atoms with Crippen LogP contribution in [0, 0.1) is 0 Å². The Kier molecular flexibility index (Phi) is 2.25. The Morgan fingerprint density at radius 2 is 1.27 bits per heavy atom. The maximum atomic E-state index is 2.52. The Hall–Kier alpha value is 0.0900. The van der Waals surface area contributed by atoms with Crippen LogP contribution in [-0.4, -0.2) is 9.49 Å². The molecule has 84 valence electrons. The zero-order chi connectivity index (χ0) is 10.5. The summed E-state index contributed by atoms with van der Waals surface area (Å²) in [6, 6.07) is 0. The molecule has 2 aliphatic carbocycles. The van der Waals surface area contributed by atoms with Gasteiger partial charge in [0.2, 0.25) is 0 Å². The summed E-state index contributed by atoms with van der Waals surface area (Å²) in [4.78, 5) is 0. The van der Waals surface area contributed by atoms with E-state index in [0.717, 1.165) is 0 Å². The van der Waals surface area contributed by atoms with Crippen molar-refractivity contribution in [1.82, 2.24) is 0 Å². The molecule has 1 heteroatoms. The van der Waals surface area contributed by atoms with Crippen LogP contribution in [0.2, 0.25) is 0 Å². The van der Waals surface area contributed by atoms with Gasteiger partial charge >= 0.3 is 0 Å². The van der Waals surface area contributed by atoms with Crippen LogP contribution in [0.5, 0.6) is 0 Å². The van der Waals surface area contributed by atoms with Gasteiger partial charge in [-0.25, -0.2) is 0 Å². The Bertz CT molecular complexity index is 287. The average Bonchev–Trinajstić information content (AvgIpc) is 2.43. The smallest absolute Gasteiger partial charge is 0.0351 e. The lowest BCUT2D eigenvalue weighted by atomic mass is 9.75. The third kappa shape index (κ3) is 1.42. The van der Waals surface area contributed by atoms with E-state index in [9.17, 15) is 0 Å². The van der Waals surface area contributed by atoms with Crippen LogP contribution in [0.15, 0.2) is 11.1 Å². The molecule has 0 aromatic heterocycles. The van der Waals surface area contributed by atoms with Crippen molar-refractivity contribution in [3.63, 3.8) is 0 Å². The highest BCUT2D eigenvalue weighted by Gasteiger charge is 2.50. The van der Waals surface area contributed by atoms with E-state index >= 15 is 0 Å². The van der Waals surface area contributed by atoms with Gasteiger partial charge in [-0.2, -0.15) is 0 Å². The maximum Gasteiger partial charge on any atom is 0.0351 e. The van der Waals surface area contributed by atoms with Crippen LogP contribution in [0.25, 0.3) is 0 Å². The van der Waals surface area contributed by atoms with Crippen LogP contribution < -0.4 is 0 Å². The maximum absolute atomic E-state index is 2.52. The monoisotopic (exact) mass is 222 g/mol. The highest BCUT2D eigenvalue weighted by atomic mass is 32.2. The van der Waals surface area contributed by atoms with Crippen LogP contribution in [0.3, 0.4) is 0 Å². The van der Waals surface area contributed by atoms with Crippen molar-refractivity contribution in [3.8, 4) is 0 Å². The molecule has 0 aromatic carbocycles. The molecule has 2 fully saturated rings. The Morgan fingerprint density at radius 3 is 1.73 bits per heavy atom. The van der Waals surface area contributed by atoms with Crippen LogP contribution >= 0.6 is 11.8 Å². The molecule has 3 rings (SSSR count). The van der Waals surface area contributed by atoms with E-state index in [1.807, 2.05) is 11.1 Å². The Labute approximate surface area is 97.9 Å². The second-order valence-electron chi connectivity index (χ2n) is 5.94. The van der Waals surface area contributed by atoms with Crippen LogP contribution in [-0.2, 0) is 0 Å². The minimum atomic E-state index is 0.534. The van der Waals surface area contributed by atoms with Gasteiger partial charge in [-0.15, -0.1) is 11.8 Å². The standard InChI is InChI=1S/C14H22S/c1-13-9-5-3-7-11(13)12-8-4-6-10-14(12,2)15-13/h3-10H2,1-2H3. The zero-order valence-corrected chi connectivity index (χ0v) is 10.9. The van der Waals surface area contributed by atoms with Gasteiger partial charge in [0.05, 0.1) is 0 Å². The lowest BCUT2D eigenvalue weighted by Crippen LogP contribution is -2.27. The molecule has 0 aromatic rings. The van der Waals surface area contributed by atoms with E-state index in [4.69, 9.17) is 0 Å². The molecule has 2 saturated carbocycles. The molecule has 0 saturated heterocycles. The molecule has 0 N–H and O–H groups in total. The summed E-state index contributed by atoms with van der Waals surface area (Å²) < 4.78 is 1.07. The van der Waals surface area contributed by atoms with E-state index in [1.165, 1.54) is 51.4 Å². The van der Waals surface area contributed by atoms with Gasteiger partial charge < -0.3 is 0 Å². The normalized spacial score (nSPS) is 45.2. The number of hydrogen-bond acceptors (Lipinski definition) is 1. The minimum Gasteiger partial charge on any atom is -0.140 e. The fourth-order valence-corrected chi connectivity index (χ4v) is 6.21. The topological polar surface area (TPSA) is 0 Å². The van der Waals surface area contributed by atoms with Gasteiger partial charge in [-0.1, -0.05) is 24.0 Å². The first-order chi connectivity index (χ1) is 7.14. The molecule has 0 amide bonds. The van der Waals surface area contributed by atoms with Crippen molar-refractivity contribution < 1.29 is 0 Å². The average molecular weight is 222 g/mol. The summed E-state index contributed by atoms with van der Waals surface area (Å²) in [6.45, 7) is 5.03. The van der Waals surface area contributed by atoms with Crippen molar-refractivity contribution >= 4 is 11.8 Å². The molecular weight excluding hydrogens is 200 g/mol. The summed E-state index contributed by atoms with van der Waals surface area (Å²) in [6.07, 6.45) is 11.5. The third-order valence-corrected chi connectivity index (χ3v) is 6.55. The van der Waals surface area contributed by atoms with Crippen molar-refractivity contribution in [3.05, 3.63) is 11.1 Å². The van der Waals surface area contributed by atoms with Gasteiger partial charge in [0.1, 0.15) is 0 Å². The van der Waals surface area contributed by atoms with Crippen molar-refractivity contribution in [1.29, 1.82) is 0 Å². The molecule has 15 heavy (non-hydrogen) atoms. The number of rotatable bonds is 0. The first kappa shape index (κ1) is 10.3. The predicted molar refractivity (Wildman–Crippen MR) is 68.4 cm³/mol. The van der Waals surface area contributed by atoms with Crippen LogP contribution in [0.4, 0.5) is 0 Å². The second kappa shape index (κ2) is 3.29. The molecule has 3 aliphatic rings. The fraction of sp³-hybridized carbons (Fsp3) is 0.857. The van der Waals surface area contributed by atoms with Gasteiger partial charge in [0.25, 0.3) is 0 Å². The first-order valence-electron chi connectivity index (χ1n) is 6.57. The SMILES string of the molecule is CC12CCCCC1=C1CCCCC1(C)S2. The molecule has 0 radical (unpaired) electrons. The predicted octanol–water partition coefficient (Wildman–Crippen LogP) is 4.70. The van der Waals surface area contributed by atoms with E-state index in [-0.39, 0.29) is 0 Å². The number of hydrogen-bond donors (Lipinski definition) is 0. The molecular formula is C14H22S. The highest BCUT2D eigenvalue weighted by molar-refractivity contribution is 8.02. The van der Waals surface area contributed by atoms with E-state index < -0.39 is 0 Å². The van der Waals surface area contributed by atoms with Crippen molar-refractivity contribution in [2.24, 2.45) is 0 Å². The van der Waals surface area contributed by atoms with Crippen molar-refractivity contribution in [2.75, 3.05) is 0 Å². The van der Waals surface area contributed by atoms with Gasteiger partial charge in [-0.3, -0.25) is 0 Å². The summed E-state index contributed by atoms with van der Waals surface area (Å²) in [5, 5.41) is 0. The summed E-state index contributed by atoms with van der Waals surface area (Å²) in [5.74, 6) is 0. The van der Waals surface area contributed by atoms with Crippen LogP contribution in [0.1, 0.15) is 65.2 Å². The molecule has 1 heterocycles. The van der Waals surface area contributed by atoms with E-state index in [2.05, 4.69) is 25.6 Å². The lowest BCUT2D eigenvalue weighted by Gasteiger charge is -2.35. The lowest BCUT2D eigenvalue weighted by molar-refractivity contribution is 0.498. The molecule has 2 atom stereocenters. The van der Waals surface area contributed by atoms with Gasteiger partial charge in [0, 0.05) is 9.49 Å². The minimum absolute atomic E-state index is 0.534. The van der Waals surface area contributed by atoms with E-state index in [1.54, 1.807) is 0 Å². The first-order valence-corrected chi connectivity index (χ1v) is 7.39. The van der Waals surface area contributed by atoms with Gasteiger partial charge in [0.15, 0.2) is 0 Å². The third-order valence-electron chi connectivity index (χ3n) is 4.75.